The smallest absolute Gasteiger partial charge is 0.248 e. The summed E-state index contributed by atoms with van der Waals surface area (Å²) in [6.07, 6.45) is -0.469. The van der Waals surface area contributed by atoms with Crippen LogP contribution in [0.15, 0.2) is 12.1 Å². The van der Waals surface area contributed by atoms with Crippen LogP contribution < -0.4 is 0 Å². The third-order valence-electron chi connectivity index (χ3n) is 3.07. The minimum atomic E-state index is -0.560. The maximum absolute atomic E-state index is 13.5. The minimum Gasteiger partial charge on any atom is -0.375 e. The van der Waals surface area contributed by atoms with Gasteiger partial charge in [-0.1, -0.05) is 23.2 Å². The van der Waals surface area contributed by atoms with E-state index in [1.54, 1.807) is 4.90 Å². The highest BCUT2D eigenvalue weighted by molar-refractivity contribution is 6.35. The highest BCUT2D eigenvalue weighted by Crippen LogP contribution is 2.32. The van der Waals surface area contributed by atoms with Crippen LogP contribution in [0.5, 0.6) is 0 Å². The standard InChI is InChI=1S/C13H14Cl2FNO3/c1-19-7-13(18)17-2-3-20-12(6-17)8-4-11(16)10(15)5-9(8)14/h4-5,12H,2-3,6-7H2,1H3/t12-/m0/s1. The Balaban J connectivity index is 2.17. The van der Waals surface area contributed by atoms with Crippen molar-refractivity contribution in [2.75, 3.05) is 33.4 Å². The molecule has 1 atom stereocenters. The molecule has 0 aromatic heterocycles. The van der Waals surface area contributed by atoms with E-state index in [9.17, 15) is 9.18 Å². The molecule has 2 rings (SSSR count). The monoisotopic (exact) mass is 321 g/mol. The first-order chi connectivity index (χ1) is 9.52. The number of carbonyl (C=O) groups is 1. The molecule has 0 radical (unpaired) electrons. The van der Waals surface area contributed by atoms with Crippen molar-refractivity contribution in [3.63, 3.8) is 0 Å². The van der Waals surface area contributed by atoms with Crippen molar-refractivity contribution in [2.24, 2.45) is 0 Å². The lowest BCUT2D eigenvalue weighted by Gasteiger charge is -2.33. The number of amides is 1. The number of benzene rings is 1. The fraction of sp³-hybridized carbons (Fsp3) is 0.462. The van der Waals surface area contributed by atoms with Crippen LogP contribution in [0.2, 0.25) is 10.0 Å². The van der Waals surface area contributed by atoms with Gasteiger partial charge in [0.05, 0.1) is 18.2 Å². The summed E-state index contributed by atoms with van der Waals surface area (Å²) in [4.78, 5) is 13.4. The van der Waals surface area contributed by atoms with Crippen LogP contribution in [0.1, 0.15) is 11.7 Å². The zero-order valence-corrected chi connectivity index (χ0v) is 12.4. The van der Waals surface area contributed by atoms with E-state index in [-0.39, 0.29) is 17.5 Å². The number of morpholine rings is 1. The Kier molecular flexibility index (Phi) is 5.21. The Bertz CT molecular complexity index is 513. The van der Waals surface area contributed by atoms with Gasteiger partial charge >= 0.3 is 0 Å². The molecule has 7 heteroatoms. The number of hydrogen-bond donors (Lipinski definition) is 0. The summed E-state index contributed by atoms with van der Waals surface area (Å²) >= 11 is 11.7. The fourth-order valence-electron chi connectivity index (χ4n) is 2.06. The molecular weight excluding hydrogens is 308 g/mol. The van der Waals surface area contributed by atoms with Gasteiger partial charge in [-0.25, -0.2) is 4.39 Å². The first kappa shape index (κ1) is 15.5. The molecule has 4 nitrogen and oxygen atoms in total. The van der Waals surface area contributed by atoms with Gasteiger partial charge in [-0.3, -0.25) is 4.79 Å². The summed E-state index contributed by atoms with van der Waals surface area (Å²) in [5.74, 6) is -0.693. The third kappa shape index (κ3) is 3.41. The van der Waals surface area contributed by atoms with Crippen LogP contribution in [0.3, 0.4) is 0 Å². The number of methoxy groups -OCH3 is 1. The lowest BCUT2D eigenvalue weighted by Crippen LogP contribution is -2.43. The average molecular weight is 322 g/mol. The van der Waals surface area contributed by atoms with Gasteiger partial charge < -0.3 is 14.4 Å². The quantitative estimate of drug-likeness (QED) is 0.803. The number of ether oxygens (including phenoxy) is 2. The van der Waals surface area contributed by atoms with Crippen LogP contribution >= 0.6 is 23.2 Å². The van der Waals surface area contributed by atoms with Crippen LogP contribution in [0.4, 0.5) is 4.39 Å². The summed E-state index contributed by atoms with van der Waals surface area (Å²) in [6.45, 7) is 1.16. The zero-order chi connectivity index (χ0) is 14.7. The molecule has 0 aliphatic carbocycles. The van der Waals surface area contributed by atoms with Gasteiger partial charge in [0.2, 0.25) is 5.91 Å². The van der Waals surface area contributed by atoms with E-state index < -0.39 is 11.9 Å². The highest BCUT2D eigenvalue weighted by atomic mass is 35.5. The van der Waals surface area contributed by atoms with E-state index in [1.165, 1.54) is 19.2 Å². The maximum Gasteiger partial charge on any atom is 0.248 e. The Morgan fingerprint density at radius 1 is 1.50 bits per heavy atom. The summed E-state index contributed by atoms with van der Waals surface area (Å²) in [7, 11) is 1.46. The van der Waals surface area contributed by atoms with Crippen molar-refractivity contribution in [2.45, 2.75) is 6.10 Å². The van der Waals surface area contributed by atoms with Crippen molar-refractivity contribution in [3.8, 4) is 0 Å². The van der Waals surface area contributed by atoms with E-state index in [0.29, 0.717) is 30.3 Å². The summed E-state index contributed by atoms with van der Waals surface area (Å²) in [5, 5.41) is 0.282. The Hall–Kier alpha value is -0.880. The molecule has 1 fully saturated rings. The van der Waals surface area contributed by atoms with Gasteiger partial charge in [0.25, 0.3) is 0 Å². The summed E-state index contributed by atoms with van der Waals surface area (Å²) in [5.41, 5.74) is 0.489. The molecule has 20 heavy (non-hydrogen) atoms. The normalized spacial score (nSPS) is 19.2. The first-order valence-corrected chi connectivity index (χ1v) is 6.81. The Labute approximate surface area is 126 Å². The topological polar surface area (TPSA) is 38.8 Å². The number of halogens is 3. The minimum absolute atomic E-state index is 0.00936. The van der Waals surface area contributed by atoms with Crippen LogP contribution in [0, 0.1) is 5.82 Å². The predicted molar refractivity (Wildman–Crippen MR) is 73.6 cm³/mol. The molecule has 0 bridgehead atoms. The van der Waals surface area contributed by atoms with Crippen LogP contribution in [-0.4, -0.2) is 44.2 Å². The zero-order valence-electron chi connectivity index (χ0n) is 10.9. The molecule has 1 heterocycles. The lowest BCUT2D eigenvalue weighted by atomic mass is 10.1. The van der Waals surface area contributed by atoms with Crippen molar-refractivity contribution >= 4 is 29.1 Å². The number of hydrogen-bond acceptors (Lipinski definition) is 3. The summed E-state index contributed by atoms with van der Waals surface area (Å²) < 4.78 is 23.9. The molecule has 1 aromatic rings. The van der Waals surface area contributed by atoms with E-state index >= 15 is 0 Å². The molecule has 0 spiro atoms. The third-order valence-corrected chi connectivity index (χ3v) is 3.69. The molecule has 110 valence electrons. The van der Waals surface area contributed by atoms with Gasteiger partial charge in [-0.05, 0) is 12.1 Å². The molecule has 0 saturated carbocycles. The Morgan fingerprint density at radius 2 is 2.25 bits per heavy atom. The van der Waals surface area contributed by atoms with Gasteiger partial charge in [0.1, 0.15) is 18.5 Å². The molecule has 1 aliphatic heterocycles. The fourth-order valence-corrected chi connectivity index (χ4v) is 2.57. The second kappa shape index (κ2) is 6.72. The second-order valence-electron chi connectivity index (χ2n) is 4.42. The molecule has 1 saturated heterocycles. The van der Waals surface area contributed by atoms with E-state index in [4.69, 9.17) is 32.7 Å². The highest BCUT2D eigenvalue weighted by Gasteiger charge is 2.27. The average Bonchev–Trinajstić information content (AvgIpc) is 2.43. The van der Waals surface area contributed by atoms with Crippen LogP contribution in [-0.2, 0) is 14.3 Å². The number of carbonyl (C=O) groups excluding carboxylic acids is 1. The summed E-state index contributed by atoms with van der Waals surface area (Å²) in [6, 6.07) is 2.59. The van der Waals surface area contributed by atoms with Gasteiger partial charge in [0.15, 0.2) is 0 Å². The molecule has 0 N–H and O–H groups in total. The largest absolute Gasteiger partial charge is 0.375 e. The van der Waals surface area contributed by atoms with Crippen molar-refractivity contribution in [3.05, 3.63) is 33.6 Å². The molecule has 1 aliphatic rings. The second-order valence-corrected chi connectivity index (χ2v) is 5.23. The molecular formula is C13H14Cl2FNO3. The maximum atomic E-state index is 13.5. The number of rotatable bonds is 3. The van der Waals surface area contributed by atoms with Crippen molar-refractivity contribution in [1.29, 1.82) is 0 Å². The van der Waals surface area contributed by atoms with E-state index in [1.807, 2.05) is 0 Å². The predicted octanol–water partition coefficient (Wildman–Crippen LogP) is 2.68. The van der Waals surface area contributed by atoms with E-state index in [0.717, 1.165) is 0 Å². The van der Waals surface area contributed by atoms with E-state index in [2.05, 4.69) is 0 Å². The van der Waals surface area contributed by atoms with Crippen LogP contribution in [0.25, 0.3) is 0 Å². The van der Waals surface area contributed by atoms with Crippen molar-refractivity contribution < 1.29 is 18.7 Å². The van der Waals surface area contributed by atoms with Gasteiger partial charge in [-0.2, -0.15) is 0 Å². The first-order valence-electron chi connectivity index (χ1n) is 6.05. The van der Waals surface area contributed by atoms with Crippen molar-refractivity contribution in [1.82, 2.24) is 4.90 Å². The molecule has 1 amide bonds. The molecule has 1 aromatic carbocycles. The van der Waals surface area contributed by atoms with Gasteiger partial charge in [0, 0.05) is 24.2 Å². The lowest BCUT2D eigenvalue weighted by molar-refractivity contribution is -0.142. The number of nitrogens with zero attached hydrogens (tertiary/aromatic N) is 1. The molecule has 0 unspecified atom stereocenters. The SMILES string of the molecule is COCC(=O)N1CCO[C@H](c2cc(F)c(Cl)cc2Cl)C1. The van der Waals surface area contributed by atoms with Gasteiger partial charge in [-0.15, -0.1) is 0 Å². The Morgan fingerprint density at radius 3 is 2.95 bits per heavy atom.